The predicted molar refractivity (Wildman–Crippen MR) is 70.8 cm³/mol. The molecule has 1 N–H and O–H groups in total. The molecule has 0 aliphatic heterocycles. The molecular formula is C12H23N3S. The Balaban J connectivity index is 2.09. The molecule has 0 radical (unpaired) electrons. The van der Waals surface area contributed by atoms with Crippen molar-refractivity contribution in [3.63, 3.8) is 0 Å². The van der Waals surface area contributed by atoms with E-state index >= 15 is 0 Å². The molecule has 0 spiro atoms. The van der Waals surface area contributed by atoms with Crippen molar-refractivity contribution < 1.29 is 0 Å². The van der Waals surface area contributed by atoms with Crippen molar-refractivity contribution in [1.29, 1.82) is 0 Å². The Morgan fingerprint density at radius 1 is 1.44 bits per heavy atom. The molecule has 1 heterocycles. The zero-order valence-corrected chi connectivity index (χ0v) is 11.6. The van der Waals surface area contributed by atoms with Gasteiger partial charge in [0, 0.05) is 17.5 Å². The maximum atomic E-state index is 4.28. The monoisotopic (exact) mass is 241 g/mol. The van der Waals surface area contributed by atoms with E-state index in [1.165, 1.54) is 12.1 Å². The van der Waals surface area contributed by atoms with Gasteiger partial charge in [0.25, 0.3) is 0 Å². The van der Waals surface area contributed by atoms with Gasteiger partial charge in [-0.2, -0.15) is 0 Å². The second-order valence-corrected chi connectivity index (χ2v) is 5.97. The van der Waals surface area contributed by atoms with Crippen LogP contribution in [0.25, 0.3) is 0 Å². The molecule has 4 heteroatoms. The lowest BCUT2D eigenvalue weighted by atomic mass is 10.1. The molecule has 0 aliphatic rings. The highest BCUT2D eigenvalue weighted by Gasteiger charge is 2.08. The number of thiazole rings is 1. The van der Waals surface area contributed by atoms with E-state index in [-0.39, 0.29) is 5.54 Å². The Morgan fingerprint density at radius 2 is 2.19 bits per heavy atom. The van der Waals surface area contributed by atoms with Gasteiger partial charge in [-0.15, -0.1) is 11.3 Å². The van der Waals surface area contributed by atoms with Gasteiger partial charge >= 0.3 is 0 Å². The fourth-order valence-corrected chi connectivity index (χ4v) is 2.03. The highest BCUT2D eigenvalue weighted by Crippen LogP contribution is 2.04. The number of rotatable bonds is 6. The summed E-state index contributed by atoms with van der Waals surface area (Å²) < 4.78 is 0. The van der Waals surface area contributed by atoms with Crippen molar-refractivity contribution >= 4 is 11.3 Å². The summed E-state index contributed by atoms with van der Waals surface area (Å²) in [6.45, 7) is 9.74. The number of hydrogen-bond acceptors (Lipinski definition) is 4. The van der Waals surface area contributed by atoms with Gasteiger partial charge in [0.1, 0.15) is 0 Å². The molecule has 0 amide bonds. The quantitative estimate of drug-likeness (QED) is 0.775. The van der Waals surface area contributed by atoms with Gasteiger partial charge in [-0.1, -0.05) is 0 Å². The zero-order chi connectivity index (χ0) is 12.0. The van der Waals surface area contributed by atoms with E-state index in [1.807, 2.05) is 5.51 Å². The summed E-state index contributed by atoms with van der Waals surface area (Å²) in [6, 6.07) is 0. The standard InChI is InChI=1S/C12H23N3S/c1-12(2,3)14-6-5-7-15(4)8-11-9-16-10-13-11/h9-10,14H,5-8H2,1-4H3. The second-order valence-electron chi connectivity index (χ2n) is 5.25. The van der Waals surface area contributed by atoms with Crippen LogP contribution in [0.4, 0.5) is 0 Å². The van der Waals surface area contributed by atoms with Crippen LogP contribution in [0, 0.1) is 0 Å². The van der Waals surface area contributed by atoms with E-state index in [0.717, 1.165) is 19.6 Å². The van der Waals surface area contributed by atoms with Gasteiger partial charge in [0.05, 0.1) is 11.2 Å². The minimum absolute atomic E-state index is 0.230. The van der Waals surface area contributed by atoms with Gasteiger partial charge < -0.3 is 10.2 Å². The number of aromatic nitrogens is 1. The van der Waals surface area contributed by atoms with E-state index in [2.05, 4.69) is 48.4 Å². The number of nitrogens with one attached hydrogen (secondary N) is 1. The first-order valence-corrected chi connectivity index (χ1v) is 6.72. The first-order chi connectivity index (χ1) is 7.47. The molecule has 0 saturated heterocycles. The first kappa shape index (κ1) is 13.6. The van der Waals surface area contributed by atoms with Crippen molar-refractivity contribution in [1.82, 2.24) is 15.2 Å². The van der Waals surface area contributed by atoms with E-state index < -0.39 is 0 Å². The molecule has 0 unspecified atom stereocenters. The lowest BCUT2D eigenvalue weighted by Gasteiger charge is -2.22. The molecule has 1 aromatic heterocycles. The van der Waals surface area contributed by atoms with Crippen LogP contribution in [0.1, 0.15) is 32.9 Å². The lowest BCUT2D eigenvalue weighted by molar-refractivity contribution is 0.307. The Labute approximate surface area is 103 Å². The van der Waals surface area contributed by atoms with Crippen LogP contribution in [0.3, 0.4) is 0 Å². The third-order valence-electron chi connectivity index (χ3n) is 2.29. The lowest BCUT2D eigenvalue weighted by Crippen LogP contribution is -2.37. The molecule has 0 aliphatic carbocycles. The van der Waals surface area contributed by atoms with Gasteiger partial charge in [-0.05, 0) is 47.3 Å². The Bertz CT molecular complexity index is 277. The van der Waals surface area contributed by atoms with Crippen molar-refractivity contribution in [3.05, 3.63) is 16.6 Å². The summed E-state index contributed by atoms with van der Waals surface area (Å²) in [5, 5.41) is 5.61. The topological polar surface area (TPSA) is 28.2 Å². The van der Waals surface area contributed by atoms with Crippen molar-refractivity contribution in [2.24, 2.45) is 0 Å². The summed E-state index contributed by atoms with van der Waals surface area (Å²) >= 11 is 1.66. The summed E-state index contributed by atoms with van der Waals surface area (Å²) in [5.74, 6) is 0. The van der Waals surface area contributed by atoms with Crippen LogP contribution in [0.2, 0.25) is 0 Å². The molecule has 0 aromatic carbocycles. The minimum Gasteiger partial charge on any atom is -0.312 e. The van der Waals surface area contributed by atoms with Crippen LogP contribution < -0.4 is 5.32 Å². The first-order valence-electron chi connectivity index (χ1n) is 5.78. The van der Waals surface area contributed by atoms with E-state index in [1.54, 1.807) is 11.3 Å². The SMILES string of the molecule is CN(CCCNC(C)(C)C)Cc1cscn1. The minimum atomic E-state index is 0.230. The number of hydrogen-bond donors (Lipinski definition) is 1. The fourth-order valence-electron chi connectivity index (χ4n) is 1.48. The summed E-state index contributed by atoms with van der Waals surface area (Å²) in [6.07, 6.45) is 1.18. The molecule has 0 bridgehead atoms. The molecule has 1 aromatic rings. The van der Waals surface area contributed by atoms with Crippen LogP contribution in [-0.2, 0) is 6.54 Å². The van der Waals surface area contributed by atoms with Crippen molar-refractivity contribution in [2.75, 3.05) is 20.1 Å². The maximum absolute atomic E-state index is 4.28. The van der Waals surface area contributed by atoms with Gasteiger partial charge in [-0.3, -0.25) is 0 Å². The van der Waals surface area contributed by atoms with Gasteiger partial charge in [0.15, 0.2) is 0 Å². The Hall–Kier alpha value is -0.450. The molecule has 0 atom stereocenters. The fraction of sp³-hybridized carbons (Fsp3) is 0.750. The maximum Gasteiger partial charge on any atom is 0.0795 e. The van der Waals surface area contributed by atoms with E-state index in [0.29, 0.717) is 0 Å². The van der Waals surface area contributed by atoms with Crippen LogP contribution in [0.5, 0.6) is 0 Å². The molecule has 0 fully saturated rings. The van der Waals surface area contributed by atoms with Gasteiger partial charge in [0.2, 0.25) is 0 Å². The predicted octanol–water partition coefficient (Wildman–Crippen LogP) is 2.35. The third kappa shape index (κ3) is 6.20. The van der Waals surface area contributed by atoms with E-state index in [9.17, 15) is 0 Å². The molecular weight excluding hydrogens is 218 g/mol. The summed E-state index contributed by atoms with van der Waals surface area (Å²) in [5.41, 5.74) is 3.30. The normalized spacial score (nSPS) is 12.3. The molecule has 16 heavy (non-hydrogen) atoms. The van der Waals surface area contributed by atoms with Gasteiger partial charge in [-0.25, -0.2) is 4.98 Å². The zero-order valence-electron chi connectivity index (χ0n) is 10.8. The second kappa shape index (κ2) is 6.33. The number of nitrogens with zero attached hydrogens (tertiary/aromatic N) is 2. The Morgan fingerprint density at radius 3 is 2.75 bits per heavy atom. The largest absolute Gasteiger partial charge is 0.312 e. The van der Waals surface area contributed by atoms with Crippen molar-refractivity contribution in [3.8, 4) is 0 Å². The summed E-state index contributed by atoms with van der Waals surface area (Å²) in [7, 11) is 2.15. The smallest absolute Gasteiger partial charge is 0.0795 e. The molecule has 1 rings (SSSR count). The Kier molecular flexibility index (Phi) is 5.38. The van der Waals surface area contributed by atoms with E-state index in [4.69, 9.17) is 0 Å². The molecule has 3 nitrogen and oxygen atoms in total. The molecule has 92 valence electrons. The average molecular weight is 241 g/mol. The highest BCUT2D eigenvalue weighted by molar-refractivity contribution is 7.07. The highest BCUT2D eigenvalue weighted by atomic mass is 32.1. The summed E-state index contributed by atoms with van der Waals surface area (Å²) in [4.78, 5) is 6.60. The molecule has 0 saturated carbocycles. The van der Waals surface area contributed by atoms with Crippen molar-refractivity contribution in [2.45, 2.75) is 39.3 Å². The van der Waals surface area contributed by atoms with Crippen LogP contribution in [-0.4, -0.2) is 35.6 Å². The van der Waals surface area contributed by atoms with Crippen LogP contribution >= 0.6 is 11.3 Å². The van der Waals surface area contributed by atoms with Crippen LogP contribution in [0.15, 0.2) is 10.9 Å². The average Bonchev–Trinajstić information content (AvgIpc) is 2.63. The third-order valence-corrected chi connectivity index (χ3v) is 2.92.